The number of rotatable bonds is 4. The first-order valence-electron chi connectivity index (χ1n) is 7.32. The van der Waals surface area contributed by atoms with Crippen molar-refractivity contribution in [2.24, 2.45) is 0 Å². The monoisotopic (exact) mass is 297 g/mol. The number of amides is 2. The van der Waals surface area contributed by atoms with Crippen molar-refractivity contribution in [3.05, 3.63) is 41.5 Å². The summed E-state index contributed by atoms with van der Waals surface area (Å²) in [6.07, 6.45) is 0.748. The Balaban J connectivity index is 2.03. The van der Waals surface area contributed by atoms with Crippen LogP contribution in [-0.2, 0) is 0 Å². The van der Waals surface area contributed by atoms with Crippen LogP contribution in [0.3, 0.4) is 0 Å². The third-order valence-corrected chi connectivity index (χ3v) is 3.94. The number of nitrogens with two attached hydrogens (primary N) is 1. The lowest BCUT2D eigenvalue weighted by atomic mass is 9.93. The van der Waals surface area contributed by atoms with Crippen molar-refractivity contribution in [1.29, 1.82) is 0 Å². The van der Waals surface area contributed by atoms with Crippen LogP contribution < -0.4 is 5.73 Å². The molecular weight excluding hydrogens is 278 g/mol. The molecule has 3 rings (SSSR count). The van der Waals surface area contributed by atoms with Crippen LogP contribution in [0.4, 0.5) is 5.69 Å². The molecule has 0 aliphatic carbocycles. The summed E-state index contributed by atoms with van der Waals surface area (Å²) in [5, 5.41) is 1.55. The number of benzene rings is 2. The molecule has 0 saturated heterocycles. The van der Waals surface area contributed by atoms with Gasteiger partial charge in [0, 0.05) is 23.2 Å². The molecule has 0 bridgehead atoms. The molecule has 0 spiro atoms. The Kier molecular flexibility index (Phi) is 3.58. The first-order valence-corrected chi connectivity index (χ1v) is 7.32. The lowest BCUT2D eigenvalue weighted by Gasteiger charge is -2.27. The smallest absolute Gasteiger partial charge is 0.261 e. The van der Waals surface area contributed by atoms with E-state index in [1.54, 1.807) is 18.2 Å². The summed E-state index contributed by atoms with van der Waals surface area (Å²) in [6.45, 7) is 1.24. The Morgan fingerprint density at radius 3 is 2.55 bits per heavy atom. The molecule has 1 heterocycles. The summed E-state index contributed by atoms with van der Waals surface area (Å²) in [6, 6.07) is 8.94. The summed E-state index contributed by atoms with van der Waals surface area (Å²) < 4.78 is 0. The fourth-order valence-electron chi connectivity index (χ4n) is 2.93. The molecule has 0 fully saturated rings. The predicted octanol–water partition coefficient (Wildman–Crippen LogP) is 1.97. The van der Waals surface area contributed by atoms with E-state index in [1.807, 2.05) is 31.1 Å². The topological polar surface area (TPSA) is 66.6 Å². The molecule has 1 aliphatic rings. The van der Waals surface area contributed by atoms with E-state index in [2.05, 4.69) is 0 Å². The van der Waals surface area contributed by atoms with Crippen LogP contribution in [0.25, 0.3) is 10.8 Å². The first-order chi connectivity index (χ1) is 10.5. The SMILES string of the molecule is CN(C)CCCN1C(=O)c2cccc3cc(N)cc(c23)C1=O. The number of imide groups is 1. The second kappa shape index (κ2) is 5.42. The van der Waals surface area contributed by atoms with Crippen molar-refractivity contribution in [1.82, 2.24) is 9.80 Å². The zero-order valence-electron chi connectivity index (χ0n) is 12.8. The summed E-state index contributed by atoms with van der Waals surface area (Å²) in [7, 11) is 3.94. The largest absolute Gasteiger partial charge is 0.399 e. The molecule has 22 heavy (non-hydrogen) atoms. The van der Waals surface area contributed by atoms with Crippen LogP contribution in [0.5, 0.6) is 0 Å². The number of hydrogen-bond donors (Lipinski definition) is 1. The number of nitrogen functional groups attached to an aromatic ring is 1. The number of carbonyl (C=O) groups is 2. The van der Waals surface area contributed by atoms with E-state index in [-0.39, 0.29) is 11.8 Å². The maximum absolute atomic E-state index is 12.7. The lowest BCUT2D eigenvalue weighted by molar-refractivity contribution is 0.0606. The third-order valence-electron chi connectivity index (χ3n) is 3.94. The highest BCUT2D eigenvalue weighted by molar-refractivity contribution is 6.25. The second-order valence-electron chi connectivity index (χ2n) is 5.89. The van der Waals surface area contributed by atoms with Crippen molar-refractivity contribution in [3.63, 3.8) is 0 Å². The number of carbonyl (C=O) groups excluding carboxylic acids is 2. The zero-order chi connectivity index (χ0) is 15.9. The van der Waals surface area contributed by atoms with Crippen LogP contribution in [0, 0.1) is 0 Å². The normalized spacial score (nSPS) is 14.2. The summed E-state index contributed by atoms with van der Waals surface area (Å²) in [5.41, 5.74) is 7.54. The van der Waals surface area contributed by atoms with E-state index < -0.39 is 0 Å². The standard InChI is InChI=1S/C17H19N3O2/c1-19(2)7-4-8-20-16(21)13-6-3-5-11-9-12(18)10-14(15(11)13)17(20)22/h3,5-6,9-10H,4,7-8,18H2,1-2H3. The van der Waals surface area contributed by atoms with Gasteiger partial charge in [0.05, 0.1) is 5.56 Å². The predicted molar refractivity (Wildman–Crippen MR) is 86.9 cm³/mol. The minimum atomic E-state index is -0.250. The molecule has 2 amide bonds. The van der Waals surface area contributed by atoms with E-state index in [9.17, 15) is 9.59 Å². The molecule has 0 saturated carbocycles. The fraction of sp³-hybridized carbons (Fsp3) is 0.294. The summed E-state index contributed by atoms with van der Waals surface area (Å²) in [5.74, 6) is -0.466. The highest BCUT2D eigenvalue weighted by Gasteiger charge is 2.32. The van der Waals surface area contributed by atoms with Crippen LogP contribution in [0.2, 0.25) is 0 Å². The van der Waals surface area contributed by atoms with Gasteiger partial charge in [-0.2, -0.15) is 0 Å². The zero-order valence-corrected chi connectivity index (χ0v) is 12.8. The minimum absolute atomic E-state index is 0.216. The number of anilines is 1. The van der Waals surface area contributed by atoms with E-state index in [0.29, 0.717) is 23.4 Å². The van der Waals surface area contributed by atoms with Crippen molar-refractivity contribution >= 4 is 28.3 Å². The highest BCUT2D eigenvalue weighted by Crippen LogP contribution is 2.31. The lowest BCUT2D eigenvalue weighted by Crippen LogP contribution is -2.41. The highest BCUT2D eigenvalue weighted by atomic mass is 16.2. The maximum atomic E-state index is 12.7. The molecule has 0 atom stereocenters. The number of hydrogen-bond acceptors (Lipinski definition) is 4. The Morgan fingerprint density at radius 2 is 1.82 bits per heavy atom. The fourth-order valence-corrected chi connectivity index (χ4v) is 2.93. The Bertz CT molecular complexity index is 768. The van der Waals surface area contributed by atoms with Crippen molar-refractivity contribution < 1.29 is 9.59 Å². The molecule has 0 unspecified atom stereocenters. The van der Waals surface area contributed by atoms with Crippen LogP contribution in [-0.4, -0.2) is 48.8 Å². The van der Waals surface area contributed by atoms with Gasteiger partial charge in [-0.25, -0.2) is 0 Å². The van der Waals surface area contributed by atoms with Crippen molar-refractivity contribution in [2.45, 2.75) is 6.42 Å². The van der Waals surface area contributed by atoms with Gasteiger partial charge in [-0.05, 0) is 50.6 Å². The quantitative estimate of drug-likeness (QED) is 0.692. The van der Waals surface area contributed by atoms with Crippen LogP contribution >= 0.6 is 0 Å². The van der Waals surface area contributed by atoms with Gasteiger partial charge in [0.15, 0.2) is 0 Å². The molecule has 0 aromatic heterocycles. The molecule has 2 aromatic carbocycles. The average molecular weight is 297 g/mol. The van der Waals surface area contributed by atoms with E-state index in [0.717, 1.165) is 23.7 Å². The maximum Gasteiger partial charge on any atom is 0.261 e. The summed E-state index contributed by atoms with van der Waals surface area (Å²) >= 11 is 0. The van der Waals surface area contributed by atoms with Gasteiger partial charge in [0.25, 0.3) is 11.8 Å². The Labute approximate surface area is 129 Å². The van der Waals surface area contributed by atoms with Gasteiger partial charge in [-0.3, -0.25) is 14.5 Å². The molecule has 1 aliphatic heterocycles. The molecular formula is C17H19N3O2. The van der Waals surface area contributed by atoms with Crippen molar-refractivity contribution in [2.75, 3.05) is 32.9 Å². The van der Waals surface area contributed by atoms with E-state index in [4.69, 9.17) is 5.73 Å². The van der Waals surface area contributed by atoms with Gasteiger partial charge >= 0.3 is 0 Å². The van der Waals surface area contributed by atoms with Gasteiger partial charge in [0.1, 0.15) is 0 Å². The first kappa shape index (κ1) is 14.5. The molecule has 0 radical (unpaired) electrons. The van der Waals surface area contributed by atoms with Gasteiger partial charge in [0.2, 0.25) is 0 Å². The van der Waals surface area contributed by atoms with Gasteiger partial charge in [-0.1, -0.05) is 12.1 Å². The van der Waals surface area contributed by atoms with Gasteiger partial charge in [-0.15, -0.1) is 0 Å². The van der Waals surface area contributed by atoms with Crippen LogP contribution in [0.15, 0.2) is 30.3 Å². The van der Waals surface area contributed by atoms with E-state index >= 15 is 0 Å². The minimum Gasteiger partial charge on any atom is -0.399 e. The van der Waals surface area contributed by atoms with E-state index in [1.165, 1.54) is 4.90 Å². The Hall–Kier alpha value is -2.40. The summed E-state index contributed by atoms with van der Waals surface area (Å²) in [4.78, 5) is 28.7. The molecule has 5 nitrogen and oxygen atoms in total. The second-order valence-corrected chi connectivity index (χ2v) is 5.89. The number of nitrogens with zero attached hydrogens (tertiary/aromatic N) is 2. The Morgan fingerprint density at radius 1 is 1.09 bits per heavy atom. The van der Waals surface area contributed by atoms with Crippen molar-refractivity contribution in [3.8, 4) is 0 Å². The molecule has 2 aromatic rings. The average Bonchev–Trinajstić information content (AvgIpc) is 2.47. The van der Waals surface area contributed by atoms with Crippen LogP contribution in [0.1, 0.15) is 27.1 Å². The van der Waals surface area contributed by atoms with Gasteiger partial charge < -0.3 is 10.6 Å². The molecule has 5 heteroatoms. The molecule has 114 valence electrons. The molecule has 2 N–H and O–H groups in total. The third kappa shape index (κ3) is 2.33.